The molecule has 4 aliphatic carbocycles. The van der Waals surface area contributed by atoms with Crippen LogP contribution in [0.1, 0.15) is 141 Å². The van der Waals surface area contributed by atoms with E-state index >= 15 is 0 Å². The minimum Gasteiger partial charge on any atom is -0.462 e. The van der Waals surface area contributed by atoms with Crippen LogP contribution in [-0.4, -0.2) is 48.4 Å². The van der Waals surface area contributed by atoms with Crippen molar-refractivity contribution < 1.29 is 38.1 Å². The summed E-state index contributed by atoms with van der Waals surface area (Å²) in [6.07, 6.45) is 9.41. The van der Waals surface area contributed by atoms with Crippen LogP contribution in [0.15, 0.2) is 0 Å². The van der Waals surface area contributed by atoms with Crippen LogP contribution < -0.4 is 16.8 Å². The van der Waals surface area contributed by atoms with Gasteiger partial charge in [0.2, 0.25) is 0 Å². The van der Waals surface area contributed by atoms with E-state index in [1.54, 1.807) is 0 Å². The van der Waals surface area contributed by atoms with E-state index in [4.69, 9.17) is 30.4 Å². The van der Waals surface area contributed by atoms with Gasteiger partial charge in [-0.3, -0.25) is 4.79 Å². The van der Waals surface area contributed by atoms with E-state index < -0.39 is 17.3 Å². The highest BCUT2D eigenvalue weighted by molar-refractivity contribution is 7.17. The third kappa shape index (κ3) is 10.6. The zero-order valence-corrected chi connectivity index (χ0v) is 31.9. The fourth-order valence-corrected chi connectivity index (χ4v) is 8.55. The van der Waals surface area contributed by atoms with Crippen LogP contribution in [0, 0.1) is 17.8 Å². The average Bonchev–Trinajstić information content (AvgIpc) is 3.92. The van der Waals surface area contributed by atoms with Crippen LogP contribution in [0.4, 0.5) is 14.8 Å². The summed E-state index contributed by atoms with van der Waals surface area (Å²) >= 11 is 2.86. The molecule has 0 saturated heterocycles. The number of rotatable bonds is 9. The van der Waals surface area contributed by atoms with Crippen molar-refractivity contribution in [3.8, 4) is 0 Å². The number of nitrogens with one attached hydrogen (secondary N) is 1. The highest BCUT2D eigenvalue weighted by atomic mass is 32.1. The molecule has 0 radical (unpaired) electrons. The van der Waals surface area contributed by atoms with Gasteiger partial charge in [-0.25, -0.2) is 14.4 Å². The minimum atomic E-state index is -0.548. The van der Waals surface area contributed by atoms with Gasteiger partial charge in [-0.05, 0) is 135 Å². The van der Waals surface area contributed by atoms with Crippen molar-refractivity contribution in [1.29, 1.82) is 0 Å². The summed E-state index contributed by atoms with van der Waals surface area (Å²) in [7, 11) is 0. The Kier molecular flexibility index (Phi) is 11.8. The number of carbonyl (C=O) groups is 4. The molecule has 13 heteroatoms. The number of fused-ring (bicyclic) bond motifs is 2. The second-order valence-corrected chi connectivity index (χ2v) is 18.2. The predicted molar refractivity (Wildman–Crippen MR) is 195 cm³/mol. The zero-order valence-electron chi connectivity index (χ0n) is 30.2. The maximum absolute atomic E-state index is 12.5. The molecular formula is C37H53N3O8S2. The summed E-state index contributed by atoms with van der Waals surface area (Å²) in [4.78, 5) is 51.2. The van der Waals surface area contributed by atoms with Gasteiger partial charge in [-0.15, -0.1) is 22.7 Å². The molecule has 2 heterocycles. The molecule has 0 aliphatic heterocycles. The predicted octanol–water partition coefficient (Wildman–Crippen LogP) is 7.53. The van der Waals surface area contributed by atoms with E-state index in [1.807, 2.05) is 41.5 Å². The van der Waals surface area contributed by atoms with E-state index in [2.05, 4.69) is 5.32 Å². The third-order valence-electron chi connectivity index (χ3n) is 8.96. The maximum Gasteiger partial charge on any atom is 0.408 e. The smallest absolute Gasteiger partial charge is 0.408 e. The van der Waals surface area contributed by atoms with Crippen molar-refractivity contribution in [2.24, 2.45) is 17.8 Å². The Bertz CT molecular complexity index is 1580. The van der Waals surface area contributed by atoms with E-state index in [0.717, 1.165) is 78.7 Å². The Morgan fingerprint density at radius 1 is 0.720 bits per heavy atom. The van der Waals surface area contributed by atoms with Gasteiger partial charge in [0.05, 0.1) is 30.4 Å². The summed E-state index contributed by atoms with van der Waals surface area (Å²) in [5.74, 6) is 0.411. The van der Waals surface area contributed by atoms with Crippen LogP contribution in [-0.2, 0) is 43.0 Å². The Hall–Kier alpha value is -3.32. The lowest BCUT2D eigenvalue weighted by atomic mass is 9.84. The van der Waals surface area contributed by atoms with Crippen molar-refractivity contribution in [3.05, 3.63) is 32.0 Å². The molecule has 1 amide bonds. The van der Waals surface area contributed by atoms with Crippen molar-refractivity contribution >= 4 is 56.7 Å². The number of ether oxygens (including phenoxy) is 4. The number of anilines is 2. The van der Waals surface area contributed by atoms with Gasteiger partial charge in [0, 0.05) is 16.2 Å². The summed E-state index contributed by atoms with van der Waals surface area (Å²) in [5, 5.41) is 3.93. The summed E-state index contributed by atoms with van der Waals surface area (Å²) in [6.45, 7) is 12.1. The second-order valence-electron chi connectivity index (χ2n) is 16.0. The molecule has 2 aromatic rings. The highest BCUT2D eigenvalue weighted by Crippen LogP contribution is 2.43. The van der Waals surface area contributed by atoms with Crippen molar-refractivity contribution in [1.82, 2.24) is 5.32 Å². The summed E-state index contributed by atoms with van der Waals surface area (Å²) < 4.78 is 21.6. The molecule has 5 N–H and O–H groups in total. The fraction of sp³-hybridized carbons (Fsp3) is 0.676. The molecule has 2 atom stereocenters. The van der Waals surface area contributed by atoms with E-state index in [0.29, 0.717) is 59.0 Å². The Labute approximate surface area is 303 Å². The molecule has 11 nitrogen and oxygen atoms in total. The number of hydrogen-bond acceptors (Lipinski definition) is 12. The quantitative estimate of drug-likeness (QED) is 0.173. The van der Waals surface area contributed by atoms with Crippen molar-refractivity contribution in [3.63, 3.8) is 0 Å². The topological polar surface area (TPSA) is 169 Å². The first-order valence-electron chi connectivity index (χ1n) is 17.8. The van der Waals surface area contributed by atoms with Gasteiger partial charge >= 0.3 is 24.0 Å². The molecule has 2 aromatic heterocycles. The minimum absolute atomic E-state index is 0.170. The largest absolute Gasteiger partial charge is 0.462 e. The molecule has 50 heavy (non-hydrogen) atoms. The first-order chi connectivity index (χ1) is 23.5. The van der Waals surface area contributed by atoms with E-state index in [1.165, 1.54) is 22.7 Å². The number of alkyl carbamates (subject to hydrolysis) is 1. The standard InChI is InChI=1S/C19H27NO4S.C18H26N2O4S/c1-19(2,3)24-15(21)9-12-6-7-14-13(8-12)16(17(20)25-14)18(22)23-10-11-4-5-11;1-18(2,3)24-17(22)20-12-6-4-5-11-13(15(19)25-14(11)12)16(21)23-9-10-7-8-10/h11-12H,4-10,20H2,1-3H3;10,12H,4-9,19H2,1-3H3,(H,20,22). The summed E-state index contributed by atoms with van der Waals surface area (Å²) in [5.41, 5.74) is 14.1. The molecule has 0 aromatic carbocycles. The monoisotopic (exact) mass is 731 g/mol. The SMILES string of the molecule is CC(C)(C)OC(=O)CC1CCc2sc(N)c(C(=O)OCC3CC3)c2C1.CC(C)(C)OC(=O)NC1CCCc2c1sc(N)c2C(=O)OCC1CC1. The van der Waals surface area contributed by atoms with Crippen LogP contribution in [0.3, 0.4) is 0 Å². The lowest BCUT2D eigenvalue weighted by Gasteiger charge is -2.26. The van der Waals surface area contributed by atoms with Gasteiger partial charge in [0.1, 0.15) is 21.2 Å². The van der Waals surface area contributed by atoms with Crippen molar-refractivity contribution in [2.45, 2.75) is 129 Å². The average molecular weight is 732 g/mol. The Morgan fingerprint density at radius 3 is 1.84 bits per heavy atom. The van der Waals surface area contributed by atoms with Gasteiger partial charge in [0.15, 0.2) is 0 Å². The molecule has 4 aliphatic rings. The lowest BCUT2D eigenvalue weighted by Crippen LogP contribution is -2.35. The first kappa shape index (κ1) is 37.9. The Morgan fingerprint density at radius 2 is 1.28 bits per heavy atom. The molecule has 2 saturated carbocycles. The van der Waals surface area contributed by atoms with Gasteiger partial charge in [0.25, 0.3) is 0 Å². The lowest BCUT2D eigenvalue weighted by molar-refractivity contribution is -0.156. The normalized spacial score (nSPS) is 20.0. The van der Waals surface area contributed by atoms with Crippen molar-refractivity contribution in [2.75, 3.05) is 24.7 Å². The van der Waals surface area contributed by atoms with Gasteiger partial charge in [-0.1, -0.05) is 0 Å². The zero-order chi connectivity index (χ0) is 36.4. The molecule has 2 fully saturated rings. The molecule has 276 valence electrons. The number of nitrogen functional groups attached to an aromatic ring is 2. The van der Waals surface area contributed by atoms with E-state index in [9.17, 15) is 19.2 Å². The molecule has 0 bridgehead atoms. The van der Waals surface area contributed by atoms with Gasteiger partial charge in [-0.2, -0.15) is 0 Å². The van der Waals surface area contributed by atoms with Crippen LogP contribution in [0.25, 0.3) is 0 Å². The molecule has 6 rings (SSSR count). The Balaban J connectivity index is 0.000000194. The van der Waals surface area contributed by atoms with Crippen LogP contribution in [0.5, 0.6) is 0 Å². The second kappa shape index (κ2) is 15.5. The molecule has 2 unspecified atom stereocenters. The highest BCUT2D eigenvalue weighted by Gasteiger charge is 2.34. The van der Waals surface area contributed by atoms with Crippen LogP contribution >= 0.6 is 22.7 Å². The molecular weight excluding hydrogens is 679 g/mol. The van der Waals surface area contributed by atoms with E-state index in [-0.39, 0.29) is 29.9 Å². The number of thiophene rings is 2. The number of amides is 1. The summed E-state index contributed by atoms with van der Waals surface area (Å²) in [6, 6.07) is -0.170. The third-order valence-corrected chi connectivity index (χ3v) is 11.3. The fourth-order valence-electron chi connectivity index (χ4n) is 6.25. The van der Waals surface area contributed by atoms with Gasteiger partial charge < -0.3 is 35.7 Å². The maximum atomic E-state index is 12.5. The number of carbonyl (C=O) groups excluding carboxylic acids is 4. The molecule has 0 spiro atoms. The van der Waals surface area contributed by atoms with Crippen LogP contribution in [0.2, 0.25) is 0 Å². The number of aryl methyl sites for hydroxylation is 1. The first-order valence-corrected chi connectivity index (χ1v) is 19.5. The number of hydrogen-bond donors (Lipinski definition) is 3. The number of esters is 3. The number of nitrogens with two attached hydrogens (primary N) is 2.